The van der Waals surface area contributed by atoms with Crippen molar-refractivity contribution in [3.8, 4) is 0 Å². The number of benzene rings is 2. The van der Waals surface area contributed by atoms with Gasteiger partial charge in [0.2, 0.25) is 0 Å². The van der Waals surface area contributed by atoms with E-state index >= 15 is 0 Å². The van der Waals surface area contributed by atoms with Crippen LogP contribution in [-0.4, -0.2) is 6.54 Å². The van der Waals surface area contributed by atoms with Gasteiger partial charge < -0.3 is 10.6 Å². The lowest BCUT2D eigenvalue weighted by Crippen LogP contribution is -2.22. The average Bonchev–Trinajstić information content (AvgIpc) is 2.40. The van der Waals surface area contributed by atoms with Crippen LogP contribution >= 0.6 is 11.6 Å². The highest BCUT2D eigenvalue weighted by Crippen LogP contribution is 2.24. The number of halogens is 2. The van der Waals surface area contributed by atoms with Crippen molar-refractivity contribution in [1.82, 2.24) is 0 Å². The molecule has 0 aliphatic rings. The minimum atomic E-state index is -0.276. The molecule has 2 aromatic rings. The molecular formula is C15H16ClFN2. The number of rotatable bonds is 4. The lowest BCUT2D eigenvalue weighted by atomic mass is 10.1. The molecule has 0 atom stereocenters. The largest absolute Gasteiger partial charge is 0.399 e. The van der Waals surface area contributed by atoms with Gasteiger partial charge in [-0.05, 0) is 43.3 Å². The summed E-state index contributed by atoms with van der Waals surface area (Å²) in [6.45, 7) is 3.21. The van der Waals surface area contributed by atoms with Gasteiger partial charge in [-0.3, -0.25) is 0 Å². The quantitative estimate of drug-likeness (QED) is 0.854. The summed E-state index contributed by atoms with van der Waals surface area (Å²) in [5.74, 6) is -0.276. The highest BCUT2D eigenvalue weighted by molar-refractivity contribution is 6.31. The molecule has 19 heavy (non-hydrogen) atoms. The van der Waals surface area contributed by atoms with E-state index in [1.54, 1.807) is 12.1 Å². The first-order valence-electron chi connectivity index (χ1n) is 6.15. The standard InChI is InChI=1S/C15H16ClFN2/c1-2-19(12-8-6-11(18)7-9-12)10-13-14(16)4-3-5-15(13)17/h3-9H,2,10,18H2,1H3. The number of nitrogen functional groups attached to an aromatic ring is 1. The van der Waals surface area contributed by atoms with E-state index in [0.717, 1.165) is 12.2 Å². The zero-order chi connectivity index (χ0) is 13.8. The van der Waals surface area contributed by atoms with Gasteiger partial charge in [-0.1, -0.05) is 17.7 Å². The van der Waals surface area contributed by atoms with Crippen LogP contribution in [0.25, 0.3) is 0 Å². The molecule has 0 amide bonds. The minimum absolute atomic E-state index is 0.276. The number of hydrogen-bond donors (Lipinski definition) is 1. The zero-order valence-corrected chi connectivity index (χ0v) is 11.5. The molecule has 0 saturated carbocycles. The predicted octanol–water partition coefficient (Wildman–Crippen LogP) is 4.09. The molecule has 0 aliphatic heterocycles. The number of nitrogens with zero attached hydrogens (tertiary/aromatic N) is 1. The van der Waals surface area contributed by atoms with Crippen molar-refractivity contribution in [3.63, 3.8) is 0 Å². The molecule has 0 fully saturated rings. The lowest BCUT2D eigenvalue weighted by molar-refractivity contribution is 0.605. The molecule has 0 saturated heterocycles. The summed E-state index contributed by atoms with van der Waals surface area (Å²) in [5, 5.41) is 0.453. The number of hydrogen-bond acceptors (Lipinski definition) is 2. The Morgan fingerprint density at radius 3 is 2.42 bits per heavy atom. The molecule has 2 N–H and O–H groups in total. The topological polar surface area (TPSA) is 29.3 Å². The summed E-state index contributed by atoms with van der Waals surface area (Å²) in [5.41, 5.74) is 7.89. The summed E-state index contributed by atoms with van der Waals surface area (Å²) in [6.07, 6.45) is 0. The monoisotopic (exact) mass is 278 g/mol. The van der Waals surface area contributed by atoms with Gasteiger partial charge >= 0.3 is 0 Å². The van der Waals surface area contributed by atoms with E-state index in [1.165, 1.54) is 6.07 Å². The van der Waals surface area contributed by atoms with Gasteiger partial charge in [-0.15, -0.1) is 0 Å². The summed E-state index contributed by atoms with van der Waals surface area (Å²) in [6, 6.07) is 12.3. The third kappa shape index (κ3) is 3.18. The Bertz CT molecular complexity index is 534. The molecule has 2 nitrogen and oxygen atoms in total. The fourth-order valence-electron chi connectivity index (χ4n) is 1.95. The predicted molar refractivity (Wildman–Crippen MR) is 79.0 cm³/mol. The third-order valence-corrected chi connectivity index (χ3v) is 3.40. The Morgan fingerprint density at radius 1 is 1.16 bits per heavy atom. The molecular weight excluding hydrogens is 263 g/mol. The fraction of sp³-hybridized carbons (Fsp3) is 0.200. The fourth-order valence-corrected chi connectivity index (χ4v) is 2.17. The smallest absolute Gasteiger partial charge is 0.129 e. The minimum Gasteiger partial charge on any atom is -0.399 e. The molecule has 2 aromatic carbocycles. The van der Waals surface area contributed by atoms with E-state index in [-0.39, 0.29) is 5.82 Å². The van der Waals surface area contributed by atoms with E-state index in [9.17, 15) is 4.39 Å². The molecule has 0 radical (unpaired) electrons. The molecule has 2 rings (SSSR count). The van der Waals surface area contributed by atoms with Crippen LogP contribution < -0.4 is 10.6 Å². The van der Waals surface area contributed by atoms with Crippen LogP contribution in [0.3, 0.4) is 0 Å². The van der Waals surface area contributed by atoms with Crippen LogP contribution in [0.15, 0.2) is 42.5 Å². The Kier molecular flexibility index (Phi) is 4.27. The van der Waals surface area contributed by atoms with Crippen molar-refractivity contribution in [3.05, 3.63) is 58.9 Å². The van der Waals surface area contributed by atoms with E-state index in [1.807, 2.05) is 36.1 Å². The Labute approximate surface area is 117 Å². The SMILES string of the molecule is CCN(Cc1c(F)cccc1Cl)c1ccc(N)cc1. The first kappa shape index (κ1) is 13.7. The summed E-state index contributed by atoms with van der Waals surface area (Å²) >= 11 is 6.06. The average molecular weight is 279 g/mol. The van der Waals surface area contributed by atoms with Crippen LogP contribution in [-0.2, 0) is 6.54 Å². The summed E-state index contributed by atoms with van der Waals surface area (Å²) in [7, 11) is 0. The Hall–Kier alpha value is -1.74. The molecule has 0 heterocycles. The van der Waals surface area contributed by atoms with Crippen LogP contribution in [0.5, 0.6) is 0 Å². The van der Waals surface area contributed by atoms with Gasteiger partial charge in [0.25, 0.3) is 0 Å². The normalized spacial score (nSPS) is 10.5. The van der Waals surface area contributed by atoms with Crippen molar-refractivity contribution in [2.24, 2.45) is 0 Å². The zero-order valence-electron chi connectivity index (χ0n) is 10.7. The molecule has 0 spiro atoms. The third-order valence-electron chi connectivity index (χ3n) is 3.05. The first-order chi connectivity index (χ1) is 9.11. The van der Waals surface area contributed by atoms with Gasteiger partial charge in [0.15, 0.2) is 0 Å². The van der Waals surface area contributed by atoms with Gasteiger partial charge in [-0.2, -0.15) is 0 Å². The second-order valence-corrected chi connectivity index (χ2v) is 4.71. The Morgan fingerprint density at radius 2 is 1.84 bits per heavy atom. The summed E-state index contributed by atoms with van der Waals surface area (Å²) < 4.78 is 13.8. The van der Waals surface area contributed by atoms with Crippen molar-refractivity contribution in [2.75, 3.05) is 17.2 Å². The lowest BCUT2D eigenvalue weighted by Gasteiger charge is -2.24. The summed E-state index contributed by atoms with van der Waals surface area (Å²) in [4.78, 5) is 2.05. The maximum atomic E-state index is 13.8. The first-order valence-corrected chi connectivity index (χ1v) is 6.53. The molecule has 0 unspecified atom stereocenters. The van der Waals surface area contributed by atoms with Gasteiger partial charge in [-0.25, -0.2) is 4.39 Å². The van der Waals surface area contributed by atoms with Crippen molar-refractivity contribution >= 4 is 23.0 Å². The van der Waals surface area contributed by atoms with Crippen LogP contribution in [0.1, 0.15) is 12.5 Å². The second-order valence-electron chi connectivity index (χ2n) is 4.31. The van der Waals surface area contributed by atoms with Gasteiger partial charge in [0.05, 0.1) is 0 Å². The highest BCUT2D eigenvalue weighted by Gasteiger charge is 2.11. The van der Waals surface area contributed by atoms with E-state index in [4.69, 9.17) is 17.3 Å². The van der Waals surface area contributed by atoms with Gasteiger partial charge in [0, 0.05) is 35.1 Å². The Balaban J connectivity index is 2.26. The maximum absolute atomic E-state index is 13.8. The molecule has 4 heteroatoms. The molecule has 100 valence electrons. The van der Waals surface area contributed by atoms with Crippen LogP contribution in [0, 0.1) is 5.82 Å². The maximum Gasteiger partial charge on any atom is 0.129 e. The number of nitrogens with two attached hydrogens (primary N) is 1. The molecule has 0 aliphatic carbocycles. The van der Waals surface area contributed by atoms with Crippen molar-refractivity contribution < 1.29 is 4.39 Å². The molecule has 0 bridgehead atoms. The highest BCUT2D eigenvalue weighted by atomic mass is 35.5. The van der Waals surface area contributed by atoms with Crippen LogP contribution in [0.4, 0.5) is 15.8 Å². The van der Waals surface area contributed by atoms with E-state index in [0.29, 0.717) is 22.8 Å². The molecule has 0 aromatic heterocycles. The van der Waals surface area contributed by atoms with E-state index in [2.05, 4.69) is 0 Å². The second kappa shape index (κ2) is 5.93. The van der Waals surface area contributed by atoms with Gasteiger partial charge in [0.1, 0.15) is 5.82 Å². The van der Waals surface area contributed by atoms with Crippen molar-refractivity contribution in [2.45, 2.75) is 13.5 Å². The van der Waals surface area contributed by atoms with E-state index < -0.39 is 0 Å². The van der Waals surface area contributed by atoms with Crippen LogP contribution in [0.2, 0.25) is 5.02 Å². The van der Waals surface area contributed by atoms with Crippen molar-refractivity contribution in [1.29, 1.82) is 0 Å². The number of anilines is 2.